The Labute approximate surface area is 115 Å². The first-order valence-electron chi connectivity index (χ1n) is 6.98. The third-order valence-electron chi connectivity index (χ3n) is 4.77. The van der Waals surface area contributed by atoms with Crippen molar-refractivity contribution >= 4 is 15.7 Å². The van der Waals surface area contributed by atoms with E-state index in [0.29, 0.717) is 32.5 Å². The predicted molar refractivity (Wildman–Crippen MR) is 74.6 cm³/mol. The molecule has 0 radical (unpaired) electrons. The number of piperidine rings is 1. The van der Waals surface area contributed by atoms with Crippen LogP contribution in [0.3, 0.4) is 0 Å². The van der Waals surface area contributed by atoms with Crippen LogP contribution >= 0.6 is 0 Å². The molecule has 1 saturated heterocycles. The summed E-state index contributed by atoms with van der Waals surface area (Å²) in [4.78, 5) is 12.4. The monoisotopic (exact) mass is 288 g/mol. The van der Waals surface area contributed by atoms with Crippen LogP contribution in [0.1, 0.15) is 39.0 Å². The van der Waals surface area contributed by atoms with Gasteiger partial charge in [0.1, 0.15) is 0 Å². The predicted octanol–water partition coefficient (Wildman–Crippen LogP) is 0.460. The minimum absolute atomic E-state index is 0.168. The van der Waals surface area contributed by atoms with E-state index in [1.807, 2.05) is 0 Å². The van der Waals surface area contributed by atoms with E-state index in [2.05, 4.69) is 17.6 Å². The fourth-order valence-electron chi connectivity index (χ4n) is 3.01. The van der Waals surface area contributed by atoms with Gasteiger partial charge in [0, 0.05) is 12.8 Å². The lowest BCUT2D eigenvalue weighted by molar-refractivity contribution is -0.125. The van der Waals surface area contributed by atoms with Crippen molar-refractivity contribution in [3.8, 4) is 0 Å². The molecule has 2 aliphatic rings. The number of nitrogens with one attached hydrogen (secondary N) is 2. The minimum Gasteiger partial charge on any atom is -0.354 e. The molecule has 1 saturated carbocycles. The zero-order valence-electron chi connectivity index (χ0n) is 11.8. The maximum absolute atomic E-state index is 12.4. The molecule has 5 nitrogen and oxygen atoms in total. The van der Waals surface area contributed by atoms with E-state index in [4.69, 9.17) is 0 Å². The molecule has 1 heterocycles. The van der Waals surface area contributed by atoms with Crippen molar-refractivity contribution in [3.05, 3.63) is 0 Å². The first-order valence-corrected chi connectivity index (χ1v) is 8.87. The summed E-state index contributed by atoms with van der Waals surface area (Å²) in [5.74, 6) is -0.301. The molecule has 0 aromatic heterocycles. The molecule has 6 heteroatoms. The Morgan fingerprint density at radius 2 is 1.79 bits per heavy atom. The molecule has 2 fully saturated rings. The van der Waals surface area contributed by atoms with Crippen molar-refractivity contribution in [2.45, 2.75) is 43.8 Å². The van der Waals surface area contributed by atoms with Crippen molar-refractivity contribution < 1.29 is 13.2 Å². The summed E-state index contributed by atoms with van der Waals surface area (Å²) in [7, 11) is -3.40. The molecular formula is C13H24N2O3S. The van der Waals surface area contributed by atoms with Crippen LogP contribution in [-0.2, 0) is 14.6 Å². The average Bonchev–Trinajstić information content (AvgIpc) is 2.33. The number of hydrogen-bond donors (Lipinski definition) is 2. The zero-order valence-corrected chi connectivity index (χ0v) is 12.6. The Kier molecular flexibility index (Phi) is 3.93. The lowest BCUT2D eigenvalue weighted by Crippen LogP contribution is -2.58. The van der Waals surface area contributed by atoms with Gasteiger partial charge in [0.15, 0.2) is 14.6 Å². The molecule has 0 aromatic carbocycles. The summed E-state index contributed by atoms with van der Waals surface area (Å²) in [6, 6.07) is 0. The van der Waals surface area contributed by atoms with Crippen molar-refractivity contribution in [1.29, 1.82) is 0 Å². The highest BCUT2D eigenvalue weighted by molar-refractivity contribution is 7.92. The minimum atomic E-state index is -3.40. The normalized spacial score (nSPS) is 25.4. The number of carbonyl (C=O) groups excluding carboxylic acids is 1. The average molecular weight is 288 g/mol. The number of amides is 1. The van der Waals surface area contributed by atoms with E-state index in [-0.39, 0.29) is 11.3 Å². The van der Waals surface area contributed by atoms with E-state index in [9.17, 15) is 13.2 Å². The second-order valence-corrected chi connectivity index (χ2v) is 8.69. The summed E-state index contributed by atoms with van der Waals surface area (Å²) in [6.07, 6.45) is 5.35. The summed E-state index contributed by atoms with van der Waals surface area (Å²) >= 11 is 0. The molecule has 1 aliphatic carbocycles. The van der Waals surface area contributed by atoms with Crippen LogP contribution in [0.5, 0.6) is 0 Å². The molecule has 2 N–H and O–H groups in total. The first-order chi connectivity index (χ1) is 8.79. The van der Waals surface area contributed by atoms with Crippen LogP contribution in [-0.4, -0.2) is 45.0 Å². The van der Waals surface area contributed by atoms with E-state index in [1.54, 1.807) is 0 Å². The summed E-state index contributed by atoms with van der Waals surface area (Å²) < 4.78 is 22.9. The van der Waals surface area contributed by atoms with Crippen LogP contribution < -0.4 is 10.6 Å². The van der Waals surface area contributed by atoms with Gasteiger partial charge in [-0.15, -0.1) is 0 Å². The second-order valence-electron chi connectivity index (χ2n) is 6.36. The highest BCUT2D eigenvalue weighted by Crippen LogP contribution is 2.39. The molecule has 0 unspecified atom stereocenters. The van der Waals surface area contributed by atoms with Crippen molar-refractivity contribution in [2.75, 3.05) is 25.9 Å². The quantitative estimate of drug-likeness (QED) is 0.788. The number of carbonyl (C=O) groups is 1. The van der Waals surface area contributed by atoms with Gasteiger partial charge in [-0.05, 0) is 44.2 Å². The molecule has 110 valence electrons. The Morgan fingerprint density at radius 3 is 2.21 bits per heavy atom. The molecule has 0 bridgehead atoms. The van der Waals surface area contributed by atoms with E-state index in [0.717, 1.165) is 12.8 Å². The third kappa shape index (κ3) is 2.79. The highest BCUT2D eigenvalue weighted by atomic mass is 32.2. The van der Waals surface area contributed by atoms with Crippen LogP contribution in [0.2, 0.25) is 0 Å². The zero-order chi connectivity index (χ0) is 14.1. The largest absolute Gasteiger partial charge is 0.354 e. The fourth-order valence-corrected chi connectivity index (χ4v) is 4.36. The van der Waals surface area contributed by atoms with Gasteiger partial charge in [-0.1, -0.05) is 13.3 Å². The highest BCUT2D eigenvalue weighted by Gasteiger charge is 2.49. The molecule has 1 aliphatic heterocycles. The van der Waals surface area contributed by atoms with Crippen LogP contribution in [0.25, 0.3) is 0 Å². The SMILES string of the molecule is CC1(CNC(=O)C2(S(C)(=O)=O)CCNCC2)CCC1. The van der Waals surface area contributed by atoms with Gasteiger partial charge < -0.3 is 10.6 Å². The van der Waals surface area contributed by atoms with Gasteiger partial charge in [-0.2, -0.15) is 0 Å². The van der Waals surface area contributed by atoms with Crippen molar-refractivity contribution in [1.82, 2.24) is 10.6 Å². The standard InChI is InChI=1S/C13H24N2O3S/c1-12(4-3-5-12)10-15-11(16)13(19(2,17)18)6-8-14-9-7-13/h14H,3-10H2,1-2H3,(H,15,16). The van der Waals surface area contributed by atoms with Gasteiger partial charge in [0.05, 0.1) is 0 Å². The Balaban J connectivity index is 2.08. The smallest absolute Gasteiger partial charge is 0.241 e. The number of hydrogen-bond acceptors (Lipinski definition) is 4. The van der Waals surface area contributed by atoms with E-state index < -0.39 is 14.6 Å². The van der Waals surface area contributed by atoms with Gasteiger partial charge in [0.25, 0.3) is 0 Å². The molecule has 1 amide bonds. The van der Waals surface area contributed by atoms with Crippen LogP contribution in [0.15, 0.2) is 0 Å². The van der Waals surface area contributed by atoms with Crippen molar-refractivity contribution in [2.24, 2.45) is 5.41 Å². The Bertz CT molecular complexity index is 449. The van der Waals surface area contributed by atoms with E-state index in [1.165, 1.54) is 12.7 Å². The van der Waals surface area contributed by atoms with Crippen molar-refractivity contribution in [3.63, 3.8) is 0 Å². The summed E-state index contributed by atoms with van der Waals surface area (Å²) in [6.45, 7) is 3.90. The molecular weight excluding hydrogens is 264 g/mol. The number of rotatable bonds is 4. The number of sulfone groups is 1. The van der Waals surface area contributed by atoms with Gasteiger partial charge in [-0.25, -0.2) is 8.42 Å². The Morgan fingerprint density at radius 1 is 1.21 bits per heavy atom. The summed E-state index contributed by atoms with van der Waals surface area (Å²) in [5.41, 5.74) is 0.168. The van der Waals surface area contributed by atoms with Gasteiger partial charge in [-0.3, -0.25) is 4.79 Å². The lowest BCUT2D eigenvalue weighted by Gasteiger charge is -2.40. The molecule has 19 heavy (non-hydrogen) atoms. The fraction of sp³-hybridized carbons (Fsp3) is 0.923. The van der Waals surface area contributed by atoms with Crippen LogP contribution in [0.4, 0.5) is 0 Å². The van der Waals surface area contributed by atoms with E-state index >= 15 is 0 Å². The first kappa shape index (κ1) is 14.8. The Hall–Kier alpha value is -0.620. The lowest BCUT2D eigenvalue weighted by atomic mass is 9.70. The second kappa shape index (κ2) is 5.05. The maximum Gasteiger partial charge on any atom is 0.241 e. The molecule has 0 atom stereocenters. The molecule has 0 spiro atoms. The summed E-state index contributed by atoms with van der Waals surface area (Å²) in [5, 5.41) is 6.01. The third-order valence-corrected chi connectivity index (χ3v) is 6.78. The topological polar surface area (TPSA) is 75.3 Å². The van der Waals surface area contributed by atoms with Gasteiger partial charge >= 0.3 is 0 Å². The van der Waals surface area contributed by atoms with Gasteiger partial charge in [0.2, 0.25) is 5.91 Å². The van der Waals surface area contributed by atoms with Crippen LogP contribution in [0, 0.1) is 5.41 Å². The molecule has 0 aromatic rings. The maximum atomic E-state index is 12.4. The molecule has 2 rings (SSSR count).